The smallest absolute Gasteiger partial charge is 0.313 e. The van der Waals surface area contributed by atoms with Crippen LogP contribution in [-0.2, 0) is 14.4 Å². The molecule has 7 nitrogen and oxygen atoms in total. The van der Waals surface area contributed by atoms with Crippen molar-refractivity contribution in [1.29, 1.82) is 0 Å². The lowest BCUT2D eigenvalue weighted by Crippen LogP contribution is -2.37. The molecule has 0 aromatic heterocycles. The summed E-state index contributed by atoms with van der Waals surface area (Å²) in [4.78, 5) is 36.8. The third-order valence-electron chi connectivity index (χ3n) is 3.68. The number of amides is 3. The first-order chi connectivity index (χ1) is 11.5. The number of nitrogens with zero attached hydrogens (tertiary/aromatic N) is 1. The van der Waals surface area contributed by atoms with Crippen LogP contribution >= 0.6 is 11.6 Å². The number of benzene rings is 1. The van der Waals surface area contributed by atoms with Crippen molar-refractivity contribution in [2.75, 3.05) is 32.1 Å². The highest BCUT2D eigenvalue weighted by atomic mass is 35.5. The van der Waals surface area contributed by atoms with E-state index in [1.165, 1.54) is 13.2 Å². The van der Waals surface area contributed by atoms with Crippen molar-refractivity contribution < 1.29 is 19.1 Å². The maximum atomic E-state index is 11.8. The highest BCUT2D eigenvalue weighted by Crippen LogP contribution is 2.27. The monoisotopic (exact) mass is 353 g/mol. The van der Waals surface area contributed by atoms with Gasteiger partial charge in [0.1, 0.15) is 5.75 Å². The minimum absolute atomic E-state index is 0.149. The molecule has 1 aromatic carbocycles. The van der Waals surface area contributed by atoms with Crippen LogP contribution in [0, 0.1) is 0 Å². The Labute approximate surface area is 145 Å². The number of carbonyl (C=O) groups is 3. The molecule has 3 amide bonds. The van der Waals surface area contributed by atoms with Gasteiger partial charge >= 0.3 is 11.8 Å². The number of likely N-dealkylation sites (tertiary alicyclic amines) is 1. The van der Waals surface area contributed by atoms with Gasteiger partial charge in [-0.25, -0.2) is 0 Å². The summed E-state index contributed by atoms with van der Waals surface area (Å²) in [7, 11) is 1.49. The van der Waals surface area contributed by atoms with Crippen molar-refractivity contribution in [3.8, 4) is 5.75 Å². The van der Waals surface area contributed by atoms with Crippen LogP contribution < -0.4 is 15.4 Å². The fourth-order valence-electron chi connectivity index (χ4n) is 2.42. The van der Waals surface area contributed by atoms with Crippen LogP contribution in [0.25, 0.3) is 0 Å². The number of hydrogen-bond donors (Lipinski definition) is 2. The normalized spacial score (nSPS) is 13.8. The average Bonchev–Trinajstić information content (AvgIpc) is 2.96. The summed E-state index contributed by atoms with van der Waals surface area (Å²) in [5, 5.41) is 5.34. The van der Waals surface area contributed by atoms with Gasteiger partial charge in [0.05, 0.1) is 12.1 Å². The molecule has 2 rings (SSSR count). The summed E-state index contributed by atoms with van der Waals surface area (Å²) >= 11 is 5.96. The summed E-state index contributed by atoms with van der Waals surface area (Å²) in [6, 6.07) is 4.70. The molecule has 1 saturated heterocycles. The second-order valence-electron chi connectivity index (χ2n) is 5.40. The summed E-state index contributed by atoms with van der Waals surface area (Å²) < 4.78 is 5.02. The molecule has 1 heterocycles. The van der Waals surface area contributed by atoms with Crippen LogP contribution in [0.1, 0.15) is 19.3 Å². The van der Waals surface area contributed by atoms with E-state index in [9.17, 15) is 14.4 Å². The summed E-state index contributed by atoms with van der Waals surface area (Å²) in [6.07, 6.45) is 2.09. The van der Waals surface area contributed by atoms with Gasteiger partial charge in [-0.1, -0.05) is 11.6 Å². The van der Waals surface area contributed by atoms with E-state index in [2.05, 4.69) is 10.6 Å². The van der Waals surface area contributed by atoms with Crippen molar-refractivity contribution in [3.63, 3.8) is 0 Å². The zero-order valence-corrected chi connectivity index (χ0v) is 14.2. The Balaban J connectivity index is 1.73. The predicted octanol–water partition coefficient (Wildman–Crippen LogP) is 1.42. The fraction of sp³-hybridized carbons (Fsp3) is 0.438. The maximum absolute atomic E-state index is 11.8. The first-order valence-corrected chi connectivity index (χ1v) is 8.09. The molecule has 24 heavy (non-hydrogen) atoms. The number of carbonyl (C=O) groups excluding carboxylic acids is 3. The van der Waals surface area contributed by atoms with Crippen LogP contribution in [0.15, 0.2) is 18.2 Å². The van der Waals surface area contributed by atoms with Gasteiger partial charge in [0, 0.05) is 31.7 Å². The van der Waals surface area contributed by atoms with Crippen LogP contribution in [0.4, 0.5) is 5.69 Å². The molecular formula is C16H20ClN3O4. The van der Waals surface area contributed by atoms with Crippen molar-refractivity contribution in [2.24, 2.45) is 0 Å². The molecule has 1 fully saturated rings. The molecular weight excluding hydrogens is 334 g/mol. The lowest BCUT2D eigenvalue weighted by molar-refractivity contribution is -0.136. The Morgan fingerprint density at radius 3 is 2.75 bits per heavy atom. The van der Waals surface area contributed by atoms with Crippen molar-refractivity contribution in [1.82, 2.24) is 10.2 Å². The van der Waals surface area contributed by atoms with E-state index >= 15 is 0 Å². The van der Waals surface area contributed by atoms with E-state index in [1.807, 2.05) is 0 Å². The number of rotatable bonds is 6. The molecule has 0 saturated carbocycles. The molecule has 2 N–H and O–H groups in total. The second-order valence-corrected chi connectivity index (χ2v) is 5.80. The molecule has 0 spiro atoms. The molecule has 0 bridgehead atoms. The average molecular weight is 354 g/mol. The van der Waals surface area contributed by atoms with Crippen LogP contribution in [0.3, 0.4) is 0 Å². The number of anilines is 1. The largest absolute Gasteiger partial charge is 0.495 e. The Bertz CT molecular complexity index is 636. The summed E-state index contributed by atoms with van der Waals surface area (Å²) in [5.41, 5.74) is 0.406. The van der Waals surface area contributed by atoms with Gasteiger partial charge in [-0.2, -0.15) is 0 Å². The first-order valence-electron chi connectivity index (χ1n) is 7.71. The Kier molecular flexibility index (Phi) is 6.43. The number of halogens is 1. The number of hydrogen-bond acceptors (Lipinski definition) is 4. The minimum atomic E-state index is -0.770. The molecule has 130 valence electrons. The molecule has 1 aliphatic heterocycles. The molecule has 0 atom stereocenters. The molecule has 8 heteroatoms. The van der Waals surface area contributed by atoms with Gasteiger partial charge < -0.3 is 20.3 Å². The third kappa shape index (κ3) is 4.86. The van der Waals surface area contributed by atoms with Crippen LogP contribution in [-0.4, -0.2) is 49.4 Å². The fourth-order valence-corrected chi connectivity index (χ4v) is 2.68. The maximum Gasteiger partial charge on any atom is 0.313 e. The quantitative estimate of drug-likeness (QED) is 0.598. The van der Waals surface area contributed by atoms with E-state index in [0.29, 0.717) is 42.4 Å². The molecule has 0 unspecified atom stereocenters. The van der Waals surface area contributed by atoms with E-state index in [0.717, 1.165) is 13.0 Å². The number of ether oxygens (including phenoxy) is 1. The van der Waals surface area contributed by atoms with Gasteiger partial charge in [-0.3, -0.25) is 14.4 Å². The second kappa shape index (κ2) is 8.54. The first kappa shape index (κ1) is 18.1. The molecule has 1 aromatic rings. The lowest BCUT2D eigenvalue weighted by Gasteiger charge is -2.15. The van der Waals surface area contributed by atoms with E-state index in [4.69, 9.17) is 16.3 Å². The van der Waals surface area contributed by atoms with Crippen molar-refractivity contribution in [2.45, 2.75) is 19.3 Å². The SMILES string of the molecule is COc1ccc(NC(=O)C(=O)NCCCN2CCCC2=O)cc1Cl. The van der Waals surface area contributed by atoms with Gasteiger partial charge in [0.15, 0.2) is 0 Å². The highest BCUT2D eigenvalue weighted by Gasteiger charge is 2.19. The van der Waals surface area contributed by atoms with Gasteiger partial charge in [-0.15, -0.1) is 0 Å². The predicted molar refractivity (Wildman–Crippen MR) is 90.1 cm³/mol. The van der Waals surface area contributed by atoms with Gasteiger partial charge in [0.25, 0.3) is 0 Å². The van der Waals surface area contributed by atoms with Crippen molar-refractivity contribution in [3.05, 3.63) is 23.2 Å². The highest BCUT2D eigenvalue weighted by molar-refractivity contribution is 6.40. The minimum Gasteiger partial charge on any atom is -0.495 e. The molecule has 1 aliphatic rings. The Morgan fingerprint density at radius 2 is 2.12 bits per heavy atom. The Hall–Kier alpha value is -2.28. The van der Waals surface area contributed by atoms with Gasteiger partial charge in [0.2, 0.25) is 5.91 Å². The Morgan fingerprint density at radius 1 is 1.33 bits per heavy atom. The number of nitrogens with one attached hydrogen (secondary N) is 2. The topological polar surface area (TPSA) is 87.7 Å². The van der Waals surface area contributed by atoms with E-state index < -0.39 is 11.8 Å². The molecule has 0 radical (unpaired) electrons. The third-order valence-corrected chi connectivity index (χ3v) is 3.97. The standard InChI is InChI=1S/C16H20ClN3O4/c1-24-13-6-5-11(10-12(13)17)19-16(23)15(22)18-7-3-9-20-8-2-4-14(20)21/h5-6,10H,2-4,7-9H2,1H3,(H,18,22)(H,19,23). The zero-order valence-electron chi connectivity index (χ0n) is 13.4. The van der Waals surface area contributed by atoms with Crippen LogP contribution in [0.5, 0.6) is 5.75 Å². The summed E-state index contributed by atoms with van der Waals surface area (Å²) in [6.45, 7) is 1.69. The van der Waals surface area contributed by atoms with Gasteiger partial charge in [-0.05, 0) is 31.0 Å². The lowest BCUT2D eigenvalue weighted by atomic mass is 10.3. The zero-order chi connectivity index (χ0) is 17.5. The van der Waals surface area contributed by atoms with Crippen LogP contribution in [0.2, 0.25) is 5.02 Å². The van der Waals surface area contributed by atoms with E-state index in [1.54, 1.807) is 17.0 Å². The molecule has 0 aliphatic carbocycles. The number of methoxy groups -OCH3 is 1. The summed E-state index contributed by atoms with van der Waals surface area (Å²) in [5.74, 6) is -0.866. The van der Waals surface area contributed by atoms with E-state index in [-0.39, 0.29) is 5.91 Å². The van der Waals surface area contributed by atoms with Crippen molar-refractivity contribution >= 4 is 35.0 Å².